The Morgan fingerprint density at radius 3 is 2.61 bits per heavy atom. The number of ether oxygens (including phenoxy) is 1. The second-order valence-corrected chi connectivity index (χ2v) is 3.34. The number of esters is 1. The minimum atomic E-state index is -0.767. The van der Waals surface area contributed by atoms with E-state index in [1.165, 1.54) is 19.1 Å². The highest BCUT2D eigenvalue weighted by molar-refractivity contribution is 5.88. The van der Waals surface area contributed by atoms with Crippen LogP contribution in [0.4, 0.5) is 5.69 Å². The fourth-order valence-corrected chi connectivity index (χ4v) is 1.11. The number of azo groups is 1. The Balaban J connectivity index is 2.96. The average Bonchev–Trinajstić information content (AvgIpc) is 2.31. The number of hydrogen-bond acceptors (Lipinski definition) is 6. The van der Waals surface area contributed by atoms with Crippen LogP contribution in [0, 0.1) is 0 Å². The molecule has 0 atom stereocenters. The zero-order valence-electron chi connectivity index (χ0n) is 10.1. The number of carbonyl (C=O) groups excluding carboxylic acids is 1. The third kappa shape index (κ3) is 3.58. The van der Waals surface area contributed by atoms with E-state index in [4.69, 9.17) is 4.74 Å². The second kappa shape index (κ2) is 6.39. The zero-order chi connectivity index (χ0) is 13.5. The number of para-hydroxylation sites is 1. The van der Waals surface area contributed by atoms with Gasteiger partial charge in [0.05, 0.1) is 6.61 Å². The molecular weight excluding hydrogens is 236 g/mol. The molecule has 0 heterocycles. The Hall–Kier alpha value is -2.37. The van der Waals surface area contributed by atoms with Crippen LogP contribution in [-0.2, 0) is 9.53 Å². The van der Waals surface area contributed by atoms with Crippen molar-refractivity contribution in [1.82, 2.24) is 0 Å². The van der Waals surface area contributed by atoms with Crippen molar-refractivity contribution >= 4 is 11.7 Å². The van der Waals surface area contributed by atoms with Crippen LogP contribution in [0.3, 0.4) is 0 Å². The maximum Gasteiger partial charge on any atom is 0.362 e. The van der Waals surface area contributed by atoms with Gasteiger partial charge in [-0.3, -0.25) is 0 Å². The SMILES string of the molecule is CCOC(=O)/C(N=Nc1ccccc1O)=C(\C)O. The molecule has 0 fully saturated rings. The van der Waals surface area contributed by atoms with Crippen molar-refractivity contribution in [1.29, 1.82) is 0 Å². The molecule has 0 saturated carbocycles. The summed E-state index contributed by atoms with van der Waals surface area (Å²) in [6.45, 7) is 3.11. The van der Waals surface area contributed by atoms with Crippen molar-refractivity contribution in [2.24, 2.45) is 10.2 Å². The molecule has 0 spiro atoms. The first-order chi connectivity index (χ1) is 8.56. The zero-order valence-corrected chi connectivity index (χ0v) is 10.1. The quantitative estimate of drug-likeness (QED) is 0.372. The lowest BCUT2D eigenvalue weighted by atomic mass is 10.3. The molecule has 96 valence electrons. The normalized spacial score (nSPS) is 12.3. The lowest BCUT2D eigenvalue weighted by Gasteiger charge is -2.02. The molecule has 0 aliphatic heterocycles. The maximum atomic E-state index is 11.4. The number of hydrogen-bond donors (Lipinski definition) is 2. The van der Waals surface area contributed by atoms with Gasteiger partial charge in [0.25, 0.3) is 0 Å². The minimum Gasteiger partial charge on any atom is -0.510 e. The third-order valence-corrected chi connectivity index (χ3v) is 1.95. The molecule has 0 aromatic heterocycles. The summed E-state index contributed by atoms with van der Waals surface area (Å²) in [4.78, 5) is 11.4. The van der Waals surface area contributed by atoms with Gasteiger partial charge in [-0.1, -0.05) is 12.1 Å². The number of aliphatic hydroxyl groups excluding tert-OH is 1. The first-order valence-corrected chi connectivity index (χ1v) is 5.33. The van der Waals surface area contributed by atoms with Crippen LogP contribution >= 0.6 is 0 Å². The van der Waals surface area contributed by atoms with Gasteiger partial charge in [-0.05, 0) is 26.0 Å². The van der Waals surface area contributed by atoms with Gasteiger partial charge in [-0.2, -0.15) is 0 Å². The Kier molecular flexibility index (Phi) is 4.86. The maximum absolute atomic E-state index is 11.4. The van der Waals surface area contributed by atoms with E-state index in [2.05, 4.69) is 10.2 Å². The highest BCUT2D eigenvalue weighted by Crippen LogP contribution is 2.26. The molecule has 2 N–H and O–H groups in total. The van der Waals surface area contributed by atoms with E-state index >= 15 is 0 Å². The molecule has 6 heteroatoms. The summed E-state index contributed by atoms with van der Waals surface area (Å²) in [7, 11) is 0. The predicted molar refractivity (Wildman–Crippen MR) is 64.6 cm³/mol. The second-order valence-electron chi connectivity index (χ2n) is 3.34. The highest BCUT2D eigenvalue weighted by Gasteiger charge is 2.14. The molecule has 0 radical (unpaired) electrons. The molecule has 0 aliphatic rings. The summed E-state index contributed by atoms with van der Waals surface area (Å²) in [6.07, 6.45) is 0. The number of aliphatic hydroxyl groups is 1. The lowest BCUT2D eigenvalue weighted by Crippen LogP contribution is -2.07. The van der Waals surface area contributed by atoms with E-state index in [1.807, 2.05) is 0 Å². The molecule has 1 rings (SSSR count). The van der Waals surface area contributed by atoms with E-state index in [0.717, 1.165) is 0 Å². The summed E-state index contributed by atoms with van der Waals surface area (Å²) in [6, 6.07) is 6.25. The van der Waals surface area contributed by atoms with Crippen molar-refractivity contribution < 1.29 is 19.7 Å². The molecule has 0 aliphatic carbocycles. The summed E-state index contributed by atoms with van der Waals surface area (Å²) in [5.41, 5.74) is -0.0966. The van der Waals surface area contributed by atoms with Gasteiger partial charge in [0, 0.05) is 0 Å². The van der Waals surface area contributed by atoms with Crippen LogP contribution in [0.1, 0.15) is 13.8 Å². The molecule has 0 amide bonds. The Morgan fingerprint density at radius 2 is 2.06 bits per heavy atom. The third-order valence-electron chi connectivity index (χ3n) is 1.95. The topological polar surface area (TPSA) is 91.5 Å². The largest absolute Gasteiger partial charge is 0.510 e. The summed E-state index contributed by atoms with van der Waals surface area (Å²) < 4.78 is 4.71. The Bertz CT molecular complexity index is 491. The summed E-state index contributed by atoms with van der Waals surface area (Å²) in [5.74, 6) is -1.13. The number of allylic oxidation sites excluding steroid dienone is 1. The first kappa shape index (κ1) is 13.7. The van der Waals surface area contributed by atoms with Gasteiger partial charge in [0.15, 0.2) is 0 Å². The van der Waals surface area contributed by atoms with Crippen LogP contribution in [0.5, 0.6) is 5.75 Å². The van der Waals surface area contributed by atoms with Crippen LogP contribution < -0.4 is 0 Å². The van der Waals surface area contributed by atoms with Crippen LogP contribution in [-0.4, -0.2) is 22.8 Å². The van der Waals surface area contributed by atoms with Crippen LogP contribution in [0.15, 0.2) is 46.0 Å². The molecule has 1 aromatic carbocycles. The summed E-state index contributed by atoms with van der Waals surface area (Å²) >= 11 is 0. The van der Waals surface area contributed by atoms with Crippen LogP contribution in [0.25, 0.3) is 0 Å². The molecule has 0 bridgehead atoms. The Morgan fingerprint density at radius 1 is 1.39 bits per heavy atom. The van der Waals surface area contributed by atoms with Crippen molar-refractivity contribution in [3.05, 3.63) is 35.7 Å². The number of nitrogens with zero attached hydrogens (tertiary/aromatic N) is 2. The average molecular weight is 250 g/mol. The number of phenolic OH excluding ortho intramolecular Hbond substituents is 1. The van der Waals surface area contributed by atoms with Crippen molar-refractivity contribution in [2.45, 2.75) is 13.8 Å². The lowest BCUT2D eigenvalue weighted by molar-refractivity contribution is -0.138. The molecule has 6 nitrogen and oxygen atoms in total. The van der Waals surface area contributed by atoms with Crippen LogP contribution in [0.2, 0.25) is 0 Å². The minimum absolute atomic E-state index is 0.0694. The van der Waals surface area contributed by atoms with E-state index in [1.54, 1.807) is 19.1 Å². The van der Waals surface area contributed by atoms with Gasteiger partial charge in [-0.15, -0.1) is 10.2 Å². The monoisotopic (exact) mass is 250 g/mol. The van der Waals surface area contributed by atoms with Gasteiger partial charge < -0.3 is 14.9 Å². The van der Waals surface area contributed by atoms with Crippen molar-refractivity contribution in [2.75, 3.05) is 6.61 Å². The van der Waals surface area contributed by atoms with E-state index in [9.17, 15) is 15.0 Å². The number of aromatic hydroxyl groups is 1. The Labute approximate surface area is 104 Å². The summed E-state index contributed by atoms with van der Waals surface area (Å²) in [5, 5.41) is 26.1. The fourth-order valence-electron chi connectivity index (χ4n) is 1.11. The van der Waals surface area contributed by atoms with Gasteiger partial charge >= 0.3 is 5.97 Å². The molecule has 0 saturated heterocycles. The number of phenols is 1. The number of rotatable bonds is 4. The number of benzene rings is 1. The number of carbonyl (C=O) groups is 1. The van der Waals surface area contributed by atoms with Gasteiger partial charge in [0.1, 0.15) is 17.2 Å². The van der Waals surface area contributed by atoms with E-state index < -0.39 is 5.97 Å². The fraction of sp³-hybridized carbons (Fsp3) is 0.250. The van der Waals surface area contributed by atoms with Gasteiger partial charge in [0.2, 0.25) is 5.70 Å². The molecule has 1 aromatic rings. The van der Waals surface area contributed by atoms with Crippen molar-refractivity contribution in [3.63, 3.8) is 0 Å². The van der Waals surface area contributed by atoms with Crippen molar-refractivity contribution in [3.8, 4) is 5.75 Å². The first-order valence-electron chi connectivity index (χ1n) is 5.33. The standard InChI is InChI=1S/C12H14N2O4/c1-3-18-12(17)11(8(2)15)14-13-9-6-4-5-7-10(9)16/h4-7,15-16H,3H2,1-2H3/b11-8-,14-13?. The predicted octanol–water partition coefficient (Wildman–Crippen LogP) is 2.83. The smallest absolute Gasteiger partial charge is 0.362 e. The van der Waals surface area contributed by atoms with E-state index in [0.29, 0.717) is 0 Å². The van der Waals surface area contributed by atoms with Gasteiger partial charge in [-0.25, -0.2) is 4.79 Å². The molecular formula is C12H14N2O4. The highest BCUT2D eigenvalue weighted by atomic mass is 16.5. The molecule has 18 heavy (non-hydrogen) atoms. The molecule has 0 unspecified atom stereocenters. The van der Waals surface area contributed by atoms with E-state index in [-0.39, 0.29) is 29.5 Å².